The van der Waals surface area contributed by atoms with E-state index >= 15 is 0 Å². The van der Waals surface area contributed by atoms with Gasteiger partial charge in [0.25, 0.3) is 0 Å². The van der Waals surface area contributed by atoms with Crippen LogP contribution >= 0.6 is 0 Å². The molecule has 2 N–H and O–H groups in total. The number of nitrogens with one attached hydrogen (secondary N) is 1. The van der Waals surface area contributed by atoms with E-state index in [1.54, 1.807) is 18.2 Å². The lowest BCUT2D eigenvalue weighted by Gasteiger charge is -2.11. The number of aromatic nitrogens is 1. The third kappa shape index (κ3) is 2.51. The van der Waals surface area contributed by atoms with Gasteiger partial charge in [-0.1, -0.05) is 35.9 Å². The average molecular weight is 269 g/mol. The van der Waals surface area contributed by atoms with Gasteiger partial charge in [-0.15, -0.1) is 0 Å². The third-order valence-corrected chi connectivity index (χ3v) is 3.38. The number of hydrogen-bond donors (Lipinski definition) is 2. The Morgan fingerprint density at radius 2 is 1.95 bits per heavy atom. The maximum atomic E-state index is 11.1. The number of H-pyrrole nitrogens is 1. The number of oxazole rings is 1. The van der Waals surface area contributed by atoms with Gasteiger partial charge in [0.05, 0.1) is 11.6 Å². The molecule has 4 nitrogen and oxygen atoms in total. The fourth-order valence-electron chi connectivity index (χ4n) is 2.23. The van der Waals surface area contributed by atoms with Crippen LogP contribution in [0.4, 0.5) is 0 Å². The maximum Gasteiger partial charge on any atom is 0.417 e. The van der Waals surface area contributed by atoms with Crippen LogP contribution < -0.4 is 5.76 Å². The molecule has 0 aliphatic carbocycles. The van der Waals surface area contributed by atoms with Crippen LogP contribution in [0.25, 0.3) is 11.1 Å². The minimum Gasteiger partial charge on any atom is -0.408 e. The number of aryl methyl sites for hydroxylation is 1. The van der Waals surface area contributed by atoms with Crippen LogP contribution in [0.1, 0.15) is 22.8 Å². The first kappa shape index (κ1) is 12.7. The molecule has 3 aromatic rings. The lowest BCUT2D eigenvalue weighted by atomic mass is 10.0. The Balaban J connectivity index is 1.85. The summed E-state index contributed by atoms with van der Waals surface area (Å²) >= 11 is 0. The van der Waals surface area contributed by atoms with Crippen LogP contribution in [0.15, 0.2) is 51.7 Å². The van der Waals surface area contributed by atoms with Crippen molar-refractivity contribution in [1.29, 1.82) is 0 Å². The highest BCUT2D eigenvalue weighted by molar-refractivity contribution is 5.72. The zero-order chi connectivity index (χ0) is 14.1. The second-order valence-corrected chi connectivity index (χ2v) is 4.98. The minimum absolute atomic E-state index is 0.468. The average Bonchev–Trinajstić information content (AvgIpc) is 2.80. The van der Waals surface area contributed by atoms with Crippen LogP contribution in [-0.4, -0.2) is 10.1 Å². The second-order valence-electron chi connectivity index (χ2n) is 4.98. The molecule has 20 heavy (non-hydrogen) atoms. The second kappa shape index (κ2) is 4.98. The Kier molecular flexibility index (Phi) is 3.16. The molecule has 1 atom stereocenters. The van der Waals surface area contributed by atoms with E-state index in [4.69, 9.17) is 4.42 Å². The molecule has 0 aliphatic heterocycles. The maximum absolute atomic E-state index is 11.1. The topological polar surface area (TPSA) is 66.2 Å². The summed E-state index contributed by atoms with van der Waals surface area (Å²) in [6.45, 7) is 2.03. The van der Waals surface area contributed by atoms with Gasteiger partial charge in [0.2, 0.25) is 0 Å². The van der Waals surface area contributed by atoms with Crippen LogP contribution in [0.5, 0.6) is 0 Å². The van der Waals surface area contributed by atoms with Gasteiger partial charge < -0.3 is 9.52 Å². The lowest BCUT2D eigenvalue weighted by molar-refractivity contribution is 0.178. The Labute approximate surface area is 115 Å². The van der Waals surface area contributed by atoms with Gasteiger partial charge in [0, 0.05) is 6.42 Å². The molecule has 0 saturated carbocycles. The number of hydrogen-bond acceptors (Lipinski definition) is 3. The molecular weight excluding hydrogens is 254 g/mol. The lowest BCUT2D eigenvalue weighted by Crippen LogP contribution is -2.01. The molecule has 0 radical (unpaired) electrons. The normalized spacial score (nSPS) is 12.7. The summed E-state index contributed by atoms with van der Waals surface area (Å²) in [5.41, 5.74) is 4.11. The first-order chi connectivity index (χ1) is 9.61. The smallest absolute Gasteiger partial charge is 0.408 e. The number of rotatable bonds is 3. The number of aliphatic hydroxyl groups is 1. The molecule has 0 spiro atoms. The minimum atomic E-state index is -0.623. The molecule has 102 valence electrons. The summed E-state index contributed by atoms with van der Waals surface area (Å²) in [4.78, 5) is 13.7. The van der Waals surface area contributed by atoms with Gasteiger partial charge in [-0.05, 0) is 30.2 Å². The molecule has 0 saturated heterocycles. The largest absolute Gasteiger partial charge is 0.417 e. The van der Waals surface area contributed by atoms with Crippen LogP contribution in [-0.2, 0) is 6.42 Å². The summed E-state index contributed by atoms with van der Waals surface area (Å²) in [7, 11) is 0. The van der Waals surface area contributed by atoms with E-state index in [-0.39, 0.29) is 0 Å². The zero-order valence-electron chi connectivity index (χ0n) is 11.1. The first-order valence-corrected chi connectivity index (χ1v) is 6.48. The van der Waals surface area contributed by atoms with Crippen molar-refractivity contribution in [3.8, 4) is 0 Å². The van der Waals surface area contributed by atoms with E-state index in [0.717, 1.165) is 11.1 Å². The predicted molar refractivity (Wildman–Crippen MR) is 76.7 cm³/mol. The summed E-state index contributed by atoms with van der Waals surface area (Å²) in [6.07, 6.45) is -0.0946. The van der Waals surface area contributed by atoms with E-state index in [1.165, 1.54) is 5.56 Å². The molecule has 1 unspecified atom stereocenters. The summed E-state index contributed by atoms with van der Waals surface area (Å²) in [5, 5.41) is 10.3. The summed E-state index contributed by atoms with van der Waals surface area (Å²) in [6, 6.07) is 13.3. The standard InChI is InChI=1S/C16H15NO3/c1-10-2-4-11(5-3-10)8-14(18)12-6-7-13-15(9-12)20-16(19)17-13/h2-7,9,14,18H,8H2,1H3,(H,17,19). The van der Waals surface area contributed by atoms with Gasteiger partial charge in [0.1, 0.15) is 0 Å². The van der Waals surface area contributed by atoms with Gasteiger partial charge in [-0.3, -0.25) is 4.98 Å². The van der Waals surface area contributed by atoms with E-state index in [1.807, 2.05) is 31.2 Å². The van der Waals surface area contributed by atoms with Crippen molar-refractivity contribution in [2.45, 2.75) is 19.4 Å². The van der Waals surface area contributed by atoms with Crippen molar-refractivity contribution in [3.63, 3.8) is 0 Å². The monoisotopic (exact) mass is 269 g/mol. The van der Waals surface area contributed by atoms with Crippen molar-refractivity contribution in [2.75, 3.05) is 0 Å². The Morgan fingerprint density at radius 3 is 2.70 bits per heavy atom. The van der Waals surface area contributed by atoms with Gasteiger partial charge in [0.15, 0.2) is 5.58 Å². The number of aromatic amines is 1. The van der Waals surface area contributed by atoms with Gasteiger partial charge >= 0.3 is 5.76 Å². The van der Waals surface area contributed by atoms with Crippen molar-refractivity contribution in [1.82, 2.24) is 4.98 Å². The van der Waals surface area contributed by atoms with Crippen LogP contribution in [0, 0.1) is 6.92 Å². The molecule has 0 aliphatic rings. The molecule has 0 amide bonds. The third-order valence-electron chi connectivity index (χ3n) is 3.38. The van der Waals surface area contributed by atoms with E-state index in [9.17, 15) is 9.90 Å². The predicted octanol–water partition coefficient (Wildman–Crippen LogP) is 2.71. The summed E-state index contributed by atoms with van der Waals surface area (Å²) in [5.74, 6) is -0.481. The van der Waals surface area contributed by atoms with E-state index in [0.29, 0.717) is 17.5 Å². The molecule has 0 fully saturated rings. The molecule has 1 aromatic heterocycles. The number of fused-ring (bicyclic) bond motifs is 1. The Hall–Kier alpha value is -2.33. The SMILES string of the molecule is Cc1ccc(CC(O)c2ccc3[nH]c(=O)oc3c2)cc1. The van der Waals surface area contributed by atoms with E-state index < -0.39 is 11.9 Å². The highest BCUT2D eigenvalue weighted by Gasteiger charge is 2.11. The molecule has 3 rings (SSSR count). The highest BCUT2D eigenvalue weighted by Crippen LogP contribution is 2.22. The summed E-state index contributed by atoms with van der Waals surface area (Å²) < 4.78 is 5.00. The van der Waals surface area contributed by atoms with Crippen molar-refractivity contribution < 1.29 is 9.52 Å². The van der Waals surface area contributed by atoms with Crippen LogP contribution in [0.3, 0.4) is 0 Å². The number of benzene rings is 2. The molecule has 2 aromatic carbocycles. The molecular formula is C16H15NO3. The fraction of sp³-hybridized carbons (Fsp3) is 0.188. The van der Waals surface area contributed by atoms with Crippen LogP contribution in [0.2, 0.25) is 0 Å². The Bertz CT molecular complexity index is 783. The number of aliphatic hydroxyl groups excluding tert-OH is 1. The Morgan fingerprint density at radius 1 is 1.20 bits per heavy atom. The van der Waals surface area contributed by atoms with Crippen molar-refractivity contribution in [2.24, 2.45) is 0 Å². The van der Waals surface area contributed by atoms with Gasteiger partial charge in [-0.25, -0.2) is 4.79 Å². The van der Waals surface area contributed by atoms with Crippen molar-refractivity contribution in [3.05, 3.63) is 69.7 Å². The first-order valence-electron chi connectivity index (χ1n) is 6.48. The molecule has 0 bridgehead atoms. The van der Waals surface area contributed by atoms with Gasteiger partial charge in [-0.2, -0.15) is 0 Å². The highest BCUT2D eigenvalue weighted by atomic mass is 16.4. The molecule has 1 heterocycles. The molecule has 4 heteroatoms. The quantitative estimate of drug-likeness (QED) is 0.768. The van der Waals surface area contributed by atoms with E-state index in [2.05, 4.69) is 4.98 Å². The fourth-order valence-corrected chi connectivity index (χ4v) is 2.23. The zero-order valence-corrected chi connectivity index (χ0v) is 11.1. The van der Waals surface area contributed by atoms with Crippen molar-refractivity contribution >= 4 is 11.1 Å².